The number of hydrogen-bond acceptors (Lipinski definition) is 5. The minimum atomic E-state index is -0.464. The second-order valence-electron chi connectivity index (χ2n) is 7.27. The lowest BCUT2D eigenvalue weighted by molar-refractivity contribution is 0.0864. The van der Waals surface area contributed by atoms with Crippen LogP contribution in [0.25, 0.3) is 0 Å². The van der Waals surface area contributed by atoms with Gasteiger partial charge in [-0.15, -0.1) is 0 Å². The number of carbonyl (C=O) groups is 2. The molecule has 0 aliphatic heterocycles. The first-order valence-corrected chi connectivity index (χ1v) is 9.80. The van der Waals surface area contributed by atoms with Crippen molar-refractivity contribution in [2.24, 2.45) is 0 Å². The van der Waals surface area contributed by atoms with Crippen molar-refractivity contribution in [1.82, 2.24) is 10.6 Å². The Morgan fingerprint density at radius 3 is 2.52 bits per heavy atom. The highest BCUT2D eigenvalue weighted by Crippen LogP contribution is 2.33. The number of benzene rings is 1. The third-order valence-corrected chi connectivity index (χ3v) is 5.30. The molecule has 7 heteroatoms. The number of aliphatic hydroxyl groups is 1. The molecule has 2 aromatic rings. The van der Waals surface area contributed by atoms with Crippen LogP contribution in [0.15, 0.2) is 40.8 Å². The van der Waals surface area contributed by atoms with Crippen molar-refractivity contribution in [3.05, 3.63) is 59.0 Å². The molecule has 1 fully saturated rings. The smallest absolute Gasteiger partial charge is 0.286 e. The number of nitrogens with one attached hydrogen (secondary N) is 2. The molecule has 3 N–H and O–H groups in total. The summed E-state index contributed by atoms with van der Waals surface area (Å²) in [6.07, 6.45) is 2.48. The Morgan fingerprint density at radius 1 is 1.21 bits per heavy atom. The van der Waals surface area contributed by atoms with Crippen molar-refractivity contribution >= 4 is 11.8 Å². The molecule has 0 radical (unpaired) electrons. The summed E-state index contributed by atoms with van der Waals surface area (Å²) in [5, 5.41) is 24.5. The molecule has 3 rings (SSSR count). The standard InChI is InChI=1S/C22H25N3O4/c1-24-22(28)19-13-18(21(27)25-15-7-9-16(26)10-8-15)20(29-19)17(11-12-23)14-5-3-2-4-6-14/h2-6,13,15-17,26H,7-11H2,1H3,(H,24,28)(H,25,27)/t15?,16?,17-/m0/s1. The maximum Gasteiger partial charge on any atom is 0.286 e. The first-order valence-electron chi connectivity index (χ1n) is 9.80. The normalized spacial score (nSPS) is 19.8. The van der Waals surface area contributed by atoms with Crippen LogP contribution in [-0.4, -0.2) is 36.1 Å². The van der Waals surface area contributed by atoms with E-state index in [2.05, 4.69) is 16.7 Å². The quantitative estimate of drug-likeness (QED) is 0.696. The zero-order chi connectivity index (χ0) is 20.8. The number of aliphatic hydroxyl groups excluding tert-OH is 1. The van der Waals surface area contributed by atoms with E-state index in [0.717, 1.165) is 5.56 Å². The van der Waals surface area contributed by atoms with Crippen LogP contribution in [0.3, 0.4) is 0 Å². The van der Waals surface area contributed by atoms with E-state index in [9.17, 15) is 20.0 Å². The molecule has 2 amide bonds. The molecule has 29 heavy (non-hydrogen) atoms. The van der Waals surface area contributed by atoms with Crippen molar-refractivity contribution < 1.29 is 19.1 Å². The van der Waals surface area contributed by atoms with Crippen molar-refractivity contribution in [3.63, 3.8) is 0 Å². The summed E-state index contributed by atoms with van der Waals surface area (Å²) in [6, 6.07) is 12.9. The molecule has 1 atom stereocenters. The van der Waals surface area contributed by atoms with E-state index in [4.69, 9.17) is 4.42 Å². The summed E-state index contributed by atoms with van der Waals surface area (Å²) in [4.78, 5) is 25.1. The van der Waals surface area contributed by atoms with E-state index in [1.165, 1.54) is 13.1 Å². The summed E-state index contributed by atoms with van der Waals surface area (Å²) in [6.45, 7) is 0. The Bertz CT molecular complexity index is 893. The molecule has 1 aliphatic rings. The zero-order valence-electron chi connectivity index (χ0n) is 16.4. The van der Waals surface area contributed by atoms with Crippen molar-refractivity contribution in [3.8, 4) is 6.07 Å². The van der Waals surface area contributed by atoms with E-state index >= 15 is 0 Å². The average Bonchev–Trinajstić information content (AvgIpc) is 3.19. The van der Waals surface area contributed by atoms with Gasteiger partial charge in [0.2, 0.25) is 0 Å². The maximum atomic E-state index is 13.0. The fourth-order valence-corrected chi connectivity index (χ4v) is 3.70. The van der Waals surface area contributed by atoms with Gasteiger partial charge in [-0.1, -0.05) is 30.3 Å². The van der Waals surface area contributed by atoms with Gasteiger partial charge in [0.25, 0.3) is 11.8 Å². The van der Waals surface area contributed by atoms with Crippen LogP contribution < -0.4 is 10.6 Å². The van der Waals surface area contributed by atoms with Gasteiger partial charge in [0, 0.05) is 25.6 Å². The Kier molecular flexibility index (Phi) is 6.68. The van der Waals surface area contributed by atoms with Crippen LogP contribution in [-0.2, 0) is 0 Å². The van der Waals surface area contributed by atoms with Gasteiger partial charge < -0.3 is 20.2 Å². The third-order valence-electron chi connectivity index (χ3n) is 5.30. The van der Waals surface area contributed by atoms with Crippen LogP contribution in [0.1, 0.15) is 70.3 Å². The highest BCUT2D eigenvalue weighted by molar-refractivity contribution is 5.99. The Hall–Kier alpha value is -3.11. The van der Waals surface area contributed by atoms with Crippen LogP contribution in [0, 0.1) is 11.3 Å². The number of carbonyl (C=O) groups excluding carboxylic acids is 2. The molecule has 0 spiro atoms. The number of rotatable bonds is 6. The lowest BCUT2D eigenvalue weighted by Crippen LogP contribution is -2.38. The minimum Gasteiger partial charge on any atom is -0.454 e. The van der Waals surface area contributed by atoms with E-state index in [0.29, 0.717) is 31.4 Å². The highest BCUT2D eigenvalue weighted by Gasteiger charge is 2.30. The van der Waals surface area contributed by atoms with Gasteiger partial charge in [0.15, 0.2) is 5.76 Å². The van der Waals surface area contributed by atoms with Gasteiger partial charge >= 0.3 is 0 Å². The van der Waals surface area contributed by atoms with Gasteiger partial charge in [-0.3, -0.25) is 9.59 Å². The maximum absolute atomic E-state index is 13.0. The van der Waals surface area contributed by atoms with Gasteiger partial charge in [0.05, 0.1) is 23.7 Å². The van der Waals surface area contributed by atoms with Gasteiger partial charge in [-0.2, -0.15) is 5.26 Å². The molecule has 152 valence electrons. The largest absolute Gasteiger partial charge is 0.454 e. The molecule has 1 saturated carbocycles. The first-order chi connectivity index (χ1) is 14.0. The number of furan rings is 1. The SMILES string of the molecule is CNC(=O)c1cc(C(=O)NC2CCC(O)CC2)c([C@@H](CC#N)c2ccccc2)o1. The van der Waals surface area contributed by atoms with E-state index in [1.54, 1.807) is 0 Å². The highest BCUT2D eigenvalue weighted by atomic mass is 16.4. The average molecular weight is 395 g/mol. The predicted octanol–water partition coefficient (Wildman–Crippen LogP) is 2.72. The van der Waals surface area contributed by atoms with E-state index in [1.807, 2.05) is 30.3 Å². The zero-order valence-corrected chi connectivity index (χ0v) is 16.4. The molecule has 0 unspecified atom stereocenters. The Balaban J connectivity index is 1.94. The van der Waals surface area contributed by atoms with Crippen molar-refractivity contribution in [1.29, 1.82) is 5.26 Å². The molecular weight excluding hydrogens is 370 g/mol. The summed E-state index contributed by atoms with van der Waals surface area (Å²) in [5.74, 6) is -0.891. The third kappa shape index (κ3) is 4.84. The van der Waals surface area contributed by atoms with Gasteiger partial charge in [0.1, 0.15) is 5.76 Å². The summed E-state index contributed by atoms with van der Waals surface area (Å²) >= 11 is 0. The molecule has 1 aromatic heterocycles. The Labute approximate surface area is 169 Å². The number of hydrogen-bond donors (Lipinski definition) is 3. The number of nitrogens with zero attached hydrogens (tertiary/aromatic N) is 1. The Morgan fingerprint density at radius 2 is 1.90 bits per heavy atom. The number of nitriles is 1. The van der Waals surface area contributed by atoms with E-state index in [-0.39, 0.29) is 35.8 Å². The lowest BCUT2D eigenvalue weighted by atomic mass is 9.90. The van der Waals surface area contributed by atoms with Crippen LogP contribution in [0.4, 0.5) is 0 Å². The van der Waals surface area contributed by atoms with Crippen LogP contribution in [0.5, 0.6) is 0 Å². The van der Waals surface area contributed by atoms with Crippen molar-refractivity contribution in [2.45, 2.75) is 50.2 Å². The van der Waals surface area contributed by atoms with Crippen LogP contribution >= 0.6 is 0 Å². The summed E-state index contributed by atoms with van der Waals surface area (Å²) in [5.41, 5.74) is 1.10. The first kappa shape index (κ1) is 20.6. The van der Waals surface area contributed by atoms with E-state index < -0.39 is 11.8 Å². The lowest BCUT2D eigenvalue weighted by Gasteiger charge is -2.26. The van der Waals surface area contributed by atoms with Gasteiger partial charge in [-0.25, -0.2) is 0 Å². The summed E-state index contributed by atoms with van der Waals surface area (Å²) < 4.78 is 5.80. The molecule has 0 bridgehead atoms. The fourth-order valence-electron chi connectivity index (χ4n) is 3.70. The second-order valence-corrected chi connectivity index (χ2v) is 7.27. The molecule has 1 aromatic carbocycles. The minimum absolute atomic E-state index is 0.0330. The predicted molar refractivity (Wildman–Crippen MR) is 106 cm³/mol. The molecule has 7 nitrogen and oxygen atoms in total. The number of amides is 2. The van der Waals surface area contributed by atoms with Crippen molar-refractivity contribution in [2.75, 3.05) is 7.05 Å². The second kappa shape index (κ2) is 9.39. The summed E-state index contributed by atoms with van der Waals surface area (Å²) in [7, 11) is 1.49. The monoisotopic (exact) mass is 395 g/mol. The molecular formula is C22H25N3O4. The molecule has 1 aliphatic carbocycles. The topological polar surface area (TPSA) is 115 Å². The molecule has 0 saturated heterocycles. The van der Waals surface area contributed by atoms with Gasteiger partial charge in [-0.05, 0) is 31.2 Å². The fraction of sp³-hybridized carbons (Fsp3) is 0.409. The molecule has 1 heterocycles. The van der Waals surface area contributed by atoms with Crippen LogP contribution in [0.2, 0.25) is 0 Å².